The second-order valence-corrected chi connectivity index (χ2v) is 8.22. The molecule has 0 aliphatic heterocycles. The fourth-order valence-corrected chi connectivity index (χ4v) is 3.84. The summed E-state index contributed by atoms with van der Waals surface area (Å²) >= 11 is 0. The summed E-state index contributed by atoms with van der Waals surface area (Å²) in [7, 11) is -1.94. The van der Waals surface area contributed by atoms with Crippen LogP contribution in [-0.4, -0.2) is 39.8 Å². The first-order valence-electron chi connectivity index (χ1n) is 8.86. The molecule has 1 atom stereocenters. The number of carbonyl (C=O) groups excluding carboxylic acids is 1. The van der Waals surface area contributed by atoms with Gasteiger partial charge in [0.2, 0.25) is 10.0 Å². The summed E-state index contributed by atoms with van der Waals surface area (Å²) in [5.41, 5.74) is 1.60. The van der Waals surface area contributed by atoms with Crippen molar-refractivity contribution in [3.63, 3.8) is 0 Å². The van der Waals surface area contributed by atoms with Crippen LogP contribution in [0.15, 0.2) is 54.6 Å². The molecule has 2 rings (SSSR count). The third kappa shape index (κ3) is 7.40. The number of sulfonamides is 1. The number of nitrogens with one attached hydrogen (secondary N) is 2. The molecule has 0 radical (unpaired) electrons. The average Bonchev–Trinajstić information content (AvgIpc) is 2.66. The second-order valence-electron chi connectivity index (χ2n) is 6.35. The minimum atomic E-state index is -3.47. The van der Waals surface area contributed by atoms with Gasteiger partial charge in [-0.1, -0.05) is 36.4 Å². The number of carbonyl (C=O) groups is 1. The van der Waals surface area contributed by atoms with Crippen LogP contribution >= 0.6 is 0 Å². The molecule has 146 valence electrons. The lowest BCUT2D eigenvalue weighted by molar-refractivity contribution is 0.0955. The molecule has 0 bridgehead atoms. The van der Waals surface area contributed by atoms with Crippen LogP contribution in [0.2, 0.25) is 0 Å². The van der Waals surface area contributed by atoms with Crippen LogP contribution in [0.1, 0.15) is 29.3 Å². The molecule has 0 heterocycles. The van der Waals surface area contributed by atoms with E-state index in [0.29, 0.717) is 17.7 Å². The predicted molar refractivity (Wildman–Crippen MR) is 106 cm³/mol. The summed E-state index contributed by atoms with van der Waals surface area (Å²) in [6.07, 6.45) is 1.51. The van der Waals surface area contributed by atoms with Gasteiger partial charge < -0.3 is 10.1 Å². The van der Waals surface area contributed by atoms with Crippen molar-refractivity contribution in [2.24, 2.45) is 0 Å². The number of rotatable bonds is 10. The van der Waals surface area contributed by atoms with Gasteiger partial charge in [0.1, 0.15) is 5.75 Å². The van der Waals surface area contributed by atoms with E-state index in [1.54, 1.807) is 24.3 Å². The van der Waals surface area contributed by atoms with E-state index in [-0.39, 0.29) is 24.2 Å². The quantitative estimate of drug-likeness (QED) is 0.652. The zero-order valence-corrected chi connectivity index (χ0v) is 16.5. The van der Waals surface area contributed by atoms with E-state index in [1.807, 2.05) is 37.3 Å². The van der Waals surface area contributed by atoms with Crippen LogP contribution in [-0.2, 0) is 16.4 Å². The van der Waals surface area contributed by atoms with Crippen LogP contribution in [0.25, 0.3) is 0 Å². The molecule has 1 amide bonds. The first kappa shape index (κ1) is 20.9. The van der Waals surface area contributed by atoms with Crippen molar-refractivity contribution in [2.45, 2.75) is 25.8 Å². The van der Waals surface area contributed by atoms with Crippen molar-refractivity contribution in [2.75, 3.05) is 19.4 Å². The van der Waals surface area contributed by atoms with Crippen molar-refractivity contribution in [3.05, 3.63) is 65.7 Å². The van der Waals surface area contributed by atoms with Gasteiger partial charge in [-0.05, 0) is 43.5 Å². The Morgan fingerprint density at radius 3 is 2.56 bits per heavy atom. The monoisotopic (exact) mass is 390 g/mol. The van der Waals surface area contributed by atoms with Crippen LogP contribution in [0, 0.1) is 0 Å². The zero-order chi connectivity index (χ0) is 19.7. The Bertz CT molecular complexity index is 838. The van der Waals surface area contributed by atoms with Crippen molar-refractivity contribution in [1.29, 1.82) is 0 Å². The van der Waals surface area contributed by atoms with E-state index in [0.717, 1.165) is 6.42 Å². The van der Waals surface area contributed by atoms with Crippen molar-refractivity contribution >= 4 is 15.9 Å². The van der Waals surface area contributed by atoms with E-state index in [1.165, 1.54) is 12.7 Å². The third-order valence-electron chi connectivity index (χ3n) is 4.08. The van der Waals surface area contributed by atoms with Gasteiger partial charge >= 0.3 is 0 Å². The highest BCUT2D eigenvalue weighted by Gasteiger charge is 2.15. The van der Waals surface area contributed by atoms with Crippen molar-refractivity contribution < 1.29 is 17.9 Å². The predicted octanol–water partition coefficient (Wildman–Crippen LogP) is 2.37. The Labute approximate surface area is 161 Å². The summed E-state index contributed by atoms with van der Waals surface area (Å²) in [4.78, 5) is 12.1. The first-order valence-corrected chi connectivity index (χ1v) is 10.5. The van der Waals surface area contributed by atoms with E-state index < -0.39 is 10.0 Å². The highest BCUT2D eigenvalue weighted by atomic mass is 32.2. The smallest absolute Gasteiger partial charge is 0.251 e. The summed E-state index contributed by atoms with van der Waals surface area (Å²) < 4.78 is 32.1. The summed E-state index contributed by atoms with van der Waals surface area (Å²) in [6, 6.07) is 16.5. The third-order valence-corrected chi connectivity index (χ3v) is 5.58. The van der Waals surface area contributed by atoms with E-state index in [9.17, 15) is 13.2 Å². The van der Waals surface area contributed by atoms with Gasteiger partial charge in [0, 0.05) is 18.2 Å². The minimum absolute atomic E-state index is 0.0385. The molecule has 0 saturated carbocycles. The normalized spacial score (nSPS) is 12.4. The largest absolute Gasteiger partial charge is 0.497 e. The highest BCUT2D eigenvalue weighted by Crippen LogP contribution is 2.12. The average molecular weight is 391 g/mol. The molecular weight excluding hydrogens is 364 g/mol. The lowest BCUT2D eigenvalue weighted by atomic mass is 10.1. The maximum Gasteiger partial charge on any atom is 0.251 e. The number of hydrogen-bond acceptors (Lipinski definition) is 4. The molecule has 0 saturated heterocycles. The van der Waals surface area contributed by atoms with Crippen molar-refractivity contribution in [1.82, 2.24) is 10.0 Å². The fraction of sp³-hybridized carbons (Fsp3) is 0.350. The van der Waals surface area contributed by atoms with Crippen LogP contribution in [0.4, 0.5) is 0 Å². The van der Waals surface area contributed by atoms with Gasteiger partial charge in [0.25, 0.3) is 5.91 Å². The summed E-state index contributed by atoms with van der Waals surface area (Å²) in [5.74, 6) is 0.0728. The number of amides is 1. The molecule has 0 aliphatic carbocycles. The van der Waals surface area contributed by atoms with E-state index in [2.05, 4.69) is 10.0 Å². The van der Waals surface area contributed by atoms with Gasteiger partial charge in [-0.25, -0.2) is 13.1 Å². The van der Waals surface area contributed by atoms with Crippen LogP contribution < -0.4 is 14.8 Å². The molecule has 6 nitrogen and oxygen atoms in total. The maximum absolute atomic E-state index is 12.2. The SMILES string of the molecule is COc1cccc(C(=O)NCCS(=O)(=O)N[C@@H](C)CCc2ccccc2)c1. The number of ether oxygens (including phenoxy) is 1. The Morgan fingerprint density at radius 1 is 1.11 bits per heavy atom. The van der Waals surface area contributed by atoms with Gasteiger partial charge in [-0.15, -0.1) is 0 Å². The number of aryl methyl sites for hydroxylation is 1. The van der Waals surface area contributed by atoms with Crippen LogP contribution in [0.3, 0.4) is 0 Å². The molecule has 0 aromatic heterocycles. The topological polar surface area (TPSA) is 84.5 Å². The zero-order valence-electron chi connectivity index (χ0n) is 15.6. The van der Waals surface area contributed by atoms with Gasteiger partial charge in [-0.3, -0.25) is 4.79 Å². The van der Waals surface area contributed by atoms with Gasteiger partial charge in [0.05, 0.1) is 12.9 Å². The maximum atomic E-state index is 12.2. The molecule has 0 spiro atoms. The second kappa shape index (κ2) is 10.1. The van der Waals surface area contributed by atoms with Gasteiger partial charge in [0.15, 0.2) is 0 Å². The van der Waals surface area contributed by atoms with Crippen molar-refractivity contribution in [3.8, 4) is 5.75 Å². The number of benzene rings is 2. The molecule has 2 aromatic carbocycles. The molecule has 27 heavy (non-hydrogen) atoms. The van der Waals surface area contributed by atoms with Gasteiger partial charge in [-0.2, -0.15) is 0 Å². The first-order chi connectivity index (χ1) is 12.9. The number of methoxy groups -OCH3 is 1. The lowest BCUT2D eigenvalue weighted by Crippen LogP contribution is -2.38. The Hall–Kier alpha value is -2.38. The summed E-state index contributed by atoms with van der Waals surface area (Å²) in [5, 5.41) is 2.62. The molecule has 7 heteroatoms. The molecule has 0 fully saturated rings. The molecule has 2 aromatic rings. The Morgan fingerprint density at radius 2 is 1.85 bits per heavy atom. The summed E-state index contributed by atoms with van der Waals surface area (Å²) in [6.45, 7) is 1.88. The Kier molecular flexibility index (Phi) is 7.82. The fourth-order valence-electron chi connectivity index (χ4n) is 2.62. The lowest BCUT2D eigenvalue weighted by Gasteiger charge is -2.14. The number of hydrogen-bond donors (Lipinski definition) is 2. The van der Waals surface area contributed by atoms with Crippen LogP contribution in [0.5, 0.6) is 5.75 Å². The highest BCUT2D eigenvalue weighted by molar-refractivity contribution is 7.89. The standard InChI is InChI=1S/C20H26N2O4S/c1-16(11-12-17-7-4-3-5-8-17)22-27(24,25)14-13-21-20(23)18-9-6-10-19(15-18)26-2/h3-10,15-16,22H,11-14H2,1-2H3,(H,21,23)/t16-/m0/s1. The molecule has 2 N–H and O–H groups in total. The van der Waals surface area contributed by atoms with E-state index >= 15 is 0 Å². The minimum Gasteiger partial charge on any atom is -0.497 e. The van der Waals surface area contributed by atoms with E-state index in [4.69, 9.17) is 4.74 Å². The Balaban J connectivity index is 1.75. The molecule has 0 aliphatic rings. The molecule has 0 unspecified atom stereocenters. The molecular formula is C20H26N2O4S.